The molecule has 4 rings (SSSR count). The normalized spacial score (nSPS) is 11.6. The number of anilines is 1. The fourth-order valence-corrected chi connectivity index (χ4v) is 4.99. The summed E-state index contributed by atoms with van der Waals surface area (Å²) in [5, 5.41) is 12.7. The summed E-state index contributed by atoms with van der Waals surface area (Å²) in [6.07, 6.45) is -9.41. The minimum absolute atomic E-state index is 0.00885. The molecule has 0 saturated carbocycles. The summed E-state index contributed by atoms with van der Waals surface area (Å²) in [7, 11) is 4.12. The van der Waals surface area contributed by atoms with Gasteiger partial charge in [-0.25, -0.2) is 0 Å². The summed E-state index contributed by atoms with van der Waals surface area (Å²) in [4.78, 5) is 25.7. The number of benzene rings is 3. The summed E-state index contributed by atoms with van der Waals surface area (Å²) in [6.45, 7) is -0.329. The number of thioether (sulfide) groups is 1. The number of carbonyl (C=O) groups is 2. The van der Waals surface area contributed by atoms with Gasteiger partial charge < -0.3 is 24.8 Å². The highest BCUT2D eigenvalue weighted by atomic mass is 32.2. The minimum Gasteiger partial charge on any atom is -0.493 e. The van der Waals surface area contributed by atoms with Crippen LogP contribution in [0.25, 0.3) is 5.69 Å². The molecule has 0 aliphatic heterocycles. The number of hydrogen-bond acceptors (Lipinski definition) is 8. The molecule has 17 heteroatoms. The van der Waals surface area contributed by atoms with Gasteiger partial charge in [-0.2, -0.15) is 26.3 Å². The van der Waals surface area contributed by atoms with Crippen molar-refractivity contribution >= 4 is 29.3 Å². The maximum atomic E-state index is 13.5. The number of rotatable bonds is 11. The third kappa shape index (κ3) is 7.82. The van der Waals surface area contributed by atoms with Gasteiger partial charge in [-0.3, -0.25) is 14.2 Å². The van der Waals surface area contributed by atoms with E-state index in [1.54, 1.807) is 0 Å². The molecule has 2 N–H and O–H groups in total. The van der Waals surface area contributed by atoms with E-state index in [4.69, 9.17) is 14.2 Å². The first-order valence-electron chi connectivity index (χ1n) is 13.1. The number of para-hydroxylation sites is 1. The van der Waals surface area contributed by atoms with Crippen molar-refractivity contribution in [2.45, 2.75) is 24.1 Å². The van der Waals surface area contributed by atoms with Crippen LogP contribution in [-0.4, -0.2) is 53.7 Å². The molecule has 0 spiro atoms. The number of alkyl halides is 6. The molecule has 1 heterocycles. The summed E-state index contributed by atoms with van der Waals surface area (Å²) < 4.78 is 97.7. The van der Waals surface area contributed by atoms with E-state index >= 15 is 0 Å². The van der Waals surface area contributed by atoms with Crippen molar-refractivity contribution in [2.24, 2.45) is 0 Å². The number of methoxy groups -OCH3 is 3. The highest BCUT2D eigenvalue weighted by Gasteiger charge is 2.34. The first-order valence-corrected chi connectivity index (χ1v) is 14.0. The van der Waals surface area contributed by atoms with Crippen molar-refractivity contribution in [1.29, 1.82) is 0 Å². The van der Waals surface area contributed by atoms with Crippen molar-refractivity contribution in [3.05, 3.63) is 83.2 Å². The fourth-order valence-electron chi connectivity index (χ4n) is 4.22. The van der Waals surface area contributed by atoms with Gasteiger partial charge in [-0.1, -0.05) is 30.0 Å². The zero-order valence-electron chi connectivity index (χ0n) is 24.2. The van der Waals surface area contributed by atoms with Gasteiger partial charge in [-0.05, 0) is 42.5 Å². The molecule has 0 bridgehead atoms. The topological polar surface area (TPSA) is 117 Å². The Balaban J connectivity index is 1.61. The van der Waals surface area contributed by atoms with E-state index in [1.807, 2.05) is 0 Å². The second kappa shape index (κ2) is 14.0. The molecule has 2 amide bonds. The fraction of sp³-hybridized carbons (Fsp3) is 0.241. The second-order valence-corrected chi connectivity index (χ2v) is 10.2. The number of hydrogen-bond donors (Lipinski definition) is 2. The third-order valence-corrected chi connectivity index (χ3v) is 7.23. The van der Waals surface area contributed by atoms with Crippen LogP contribution in [0.3, 0.4) is 0 Å². The zero-order chi connectivity index (χ0) is 33.6. The van der Waals surface area contributed by atoms with Gasteiger partial charge in [0, 0.05) is 5.56 Å². The molecule has 0 atom stereocenters. The van der Waals surface area contributed by atoms with Crippen molar-refractivity contribution in [1.82, 2.24) is 20.1 Å². The number of amides is 2. The van der Waals surface area contributed by atoms with Crippen LogP contribution in [-0.2, 0) is 23.7 Å². The van der Waals surface area contributed by atoms with E-state index in [0.29, 0.717) is 11.8 Å². The van der Waals surface area contributed by atoms with Crippen LogP contribution >= 0.6 is 11.8 Å². The maximum Gasteiger partial charge on any atom is 0.418 e. The van der Waals surface area contributed by atoms with Crippen LogP contribution in [0.4, 0.5) is 32.0 Å². The Hall–Kier alpha value is -4.93. The number of nitrogens with one attached hydrogen (secondary N) is 2. The Labute approximate surface area is 262 Å². The first kappa shape index (κ1) is 34.0. The highest BCUT2D eigenvalue weighted by molar-refractivity contribution is 7.99. The minimum atomic E-state index is -4.72. The number of aromatic nitrogens is 3. The summed E-state index contributed by atoms with van der Waals surface area (Å²) in [5.41, 5.74) is -2.43. The standard InChI is InChI=1S/C29H25F6N5O5S/c1-43-21-11-16(12-22(44-2)25(21)45-3)26(42)36-14-23-38-39-27(40(23)18-8-6-7-17(13-18)28(30,31)32)46-15-24(41)37-20-10-5-4-9-19(20)29(33,34)35/h4-13H,14-15H2,1-3H3,(H,36,42)(H,37,41). The van der Waals surface area contributed by atoms with Gasteiger partial charge in [-0.15, -0.1) is 10.2 Å². The predicted molar refractivity (Wildman–Crippen MR) is 154 cm³/mol. The summed E-state index contributed by atoms with van der Waals surface area (Å²) in [5.74, 6) is -1.29. The summed E-state index contributed by atoms with van der Waals surface area (Å²) in [6, 6.07) is 11.4. The van der Waals surface area contributed by atoms with Crippen molar-refractivity contribution in [3.8, 4) is 22.9 Å². The molecule has 0 aliphatic carbocycles. The average Bonchev–Trinajstić information content (AvgIpc) is 3.43. The van der Waals surface area contributed by atoms with Gasteiger partial charge in [0.2, 0.25) is 11.7 Å². The number of ether oxygens (including phenoxy) is 3. The first-order chi connectivity index (χ1) is 21.8. The average molecular weight is 670 g/mol. The lowest BCUT2D eigenvalue weighted by Crippen LogP contribution is -2.25. The van der Waals surface area contributed by atoms with E-state index in [9.17, 15) is 35.9 Å². The molecule has 0 unspecified atom stereocenters. The molecule has 3 aromatic carbocycles. The third-order valence-electron chi connectivity index (χ3n) is 6.30. The Bertz CT molecular complexity index is 1700. The van der Waals surface area contributed by atoms with Gasteiger partial charge >= 0.3 is 12.4 Å². The lowest BCUT2D eigenvalue weighted by Gasteiger charge is -2.15. The van der Waals surface area contributed by atoms with E-state index in [2.05, 4.69) is 20.8 Å². The van der Waals surface area contributed by atoms with Gasteiger partial charge in [0.25, 0.3) is 5.91 Å². The van der Waals surface area contributed by atoms with E-state index in [1.165, 1.54) is 56.2 Å². The SMILES string of the molecule is COc1cc(C(=O)NCc2nnc(SCC(=O)Nc3ccccc3C(F)(F)F)n2-c2cccc(C(F)(F)F)c2)cc(OC)c1OC. The smallest absolute Gasteiger partial charge is 0.418 e. The van der Waals surface area contributed by atoms with Gasteiger partial charge in [0.05, 0.1) is 56.1 Å². The quantitative estimate of drug-likeness (QED) is 0.148. The molecule has 1 aromatic heterocycles. The Kier molecular flexibility index (Phi) is 10.3. The molecule has 0 radical (unpaired) electrons. The monoisotopic (exact) mass is 669 g/mol. The van der Waals surface area contributed by atoms with E-state index in [0.717, 1.165) is 30.3 Å². The molecular formula is C29H25F6N5O5S. The molecule has 244 valence electrons. The molecule has 0 aliphatic rings. The van der Waals surface area contributed by atoms with Crippen LogP contribution in [0, 0.1) is 0 Å². The van der Waals surface area contributed by atoms with Gasteiger partial charge in [0.15, 0.2) is 22.5 Å². The van der Waals surface area contributed by atoms with Gasteiger partial charge in [0.1, 0.15) is 0 Å². The molecule has 0 saturated heterocycles. The van der Waals surface area contributed by atoms with Crippen molar-refractivity contribution in [2.75, 3.05) is 32.4 Å². The zero-order valence-corrected chi connectivity index (χ0v) is 25.1. The number of carbonyl (C=O) groups excluding carboxylic acids is 2. The molecular weight excluding hydrogens is 644 g/mol. The van der Waals surface area contributed by atoms with Crippen molar-refractivity contribution < 1.29 is 50.1 Å². The Morgan fingerprint density at radius 2 is 1.52 bits per heavy atom. The number of nitrogens with zero attached hydrogens (tertiary/aromatic N) is 3. The van der Waals surface area contributed by atoms with Crippen LogP contribution < -0.4 is 24.8 Å². The van der Waals surface area contributed by atoms with Crippen LogP contribution in [0.5, 0.6) is 17.2 Å². The van der Waals surface area contributed by atoms with Crippen LogP contribution in [0.2, 0.25) is 0 Å². The molecule has 4 aromatic rings. The molecule has 0 fully saturated rings. The highest BCUT2D eigenvalue weighted by Crippen LogP contribution is 2.38. The van der Waals surface area contributed by atoms with Crippen molar-refractivity contribution in [3.63, 3.8) is 0 Å². The Morgan fingerprint density at radius 3 is 2.13 bits per heavy atom. The predicted octanol–water partition coefficient (Wildman–Crippen LogP) is 5.99. The van der Waals surface area contributed by atoms with Crippen LogP contribution in [0.15, 0.2) is 65.8 Å². The number of halogens is 6. The van der Waals surface area contributed by atoms with E-state index in [-0.39, 0.29) is 46.0 Å². The molecule has 10 nitrogen and oxygen atoms in total. The lowest BCUT2D eigenvalue weighted by atomic mass is 10.1. The van der Waals surface area contributed by atoms with Crippen LogP contribution in [0.1, 0.15) is 27.3 Å². The van der Waals surface area contributed by atoms with E-state index < -0.39 is 46.7 Å². The lowest BCUT2D eigenvalue weighted by molar-refractivity contribution is -0.138. The largest absolute Gasteiger partial charge is 0.493 e. The summed E-state index contributed by atoms with van der Waals surface area (Å²) >= 11 is 0.717. The Morgan fingerprint density at radius 1 is 0.848 bits per heavy atom. The maximum absolute atomic E-state index is 13.5. The molecule has 46 heavy (non-hydrogen) atoms. The second-order valence-electron chi connectivity index (χ2n) is 9.26.